The average Bonchev–Trinajstić information content (AvgIpc) is 2.61. The Labute approximate surface area is 149 Å². The highest BCUT2D eigenvalue weighted by Crippen LogP contribution is 2.24. The van der Waals surface area contributed by atoms with Crippen LogP contribution < -0.4 is 10.6 Å². The molecule has 126 valence electrons. The van der Waals surface area contributed by atoms with Crippen molar-refractivity contribution < 1.29 is 9.18 Å². The fourth-order valence-electron chi connectivity index (χ4n) is 2.23. The molecule has 0 bridgehead atoms. The molecule has 3 rings (SSSR count). The van der Waals surface area contributed by atoms with Gasteiger partial charge in [-0.15, -0.1) is 0 Å². The Morgan fingerprint density at radius 2 is 1.80 bits per heavy atom. The number of carbonyl (C=O) groups is 1. The van der Waals surface area contributed by atoms with Gasteiger partial charge in [0.2, 0.25) is 5.91 Å². The Balaban J connectivity index is 1.59. The minimum Gasteiger partial charge on any atom is -0.353 e. The number of benzene rings is 2. The van der Waals surface area contributed by atoms with Crippen LogP contribution in [-0.4, -0.2) is 10.9 Å². The lowest BCUT2D eigenvalue weighted by Gasteiger charge is -2.09. The van der Waals surface area contributed by atoms with Crippen molar-refractivity contribution in [1.29, 1.82) is 0 Å². The second-order valence-corrected chi connectivity index (χ2v) is 5.80. The predicted octanol–water partition coefficient (Wildman–Crippen LogP) is 4.80. The van der Waals surface area contributed by atoms with Crippen LogP contribution in [0, 0.1) is 5.82 Å². The monoisotopic (exact) mass is 355 g/mol. The zero-order valence-corrected chi connectivity index (χ0v) is 13.9. The third-order valence-electron chi connectivity index (χ3n) is 3.46. The van der Waals surface area contributed by atoms with Gasteiger partial charge >= 0.3 is 0 Å². The molecule has 0 atom stereocenters. The molecule has 0 aliphatic rings. The van der Waals surface area contributed by atoms with Gasteiger partial charge in [0, 0.05) is 0 Å². The van der Waals surface area contributed by atoms with Gasteiger partial charge in [-0.3, -0.25) is 4.79 Å². The number of amides is 1. The smallest absolute Gasteiger partial charge is 0.229 e. The van der Waals surface area contributed by atoms with E-state index in [1.807, 2.05) is 18.2 Å². The zero-order valence-electron chi connectivity index (χ0n) is 13.2. The number of nitrogens with zero attached hydrogens (tertiary/aromatic N) is 1. The van der Waals surface area contributed by atoms with Crippen LogP contribution in [0.1, 0.15) is 5.56 Å². The van der Waals surface area contributed by atoms with Crippen molar-refractivity contribution in [3.8, 4) is 0 Å². The first-order valence-corrected chi connectivity index (χ1v) is 8.00. The Morgan fingerprint density at radius 3 is 2.48 bits per heavy atom. The van der Waals surface area contributed by atoms with Gasteiger partial charge in [0.15, 0.2) is 0 Å². The average molecular weight is 356 g/mol. The van der Waals surface area contributed by atoms with Gasteiger partial charge in [0.1, 0.15) is 11.6 Å². The number of nitrogens with one attached hydrogen (secondary N) is 2. The minimum absolute atomic E-state index is 0.154. The number of hydrogen-bond donors (Lipinski definition) is 2. The van der Waals surface area contributed by atoms with Crippen molar-refractivity contribution in [2.45, 2.75) is 6.42 Å². The maximum absolute atomic E-state index is 12.9. The SMILES string of the molecule is O=C(Cc1ccc(F)cc1)Nc1ccc(Nc2ccccc2Cl)cn1. The first-order chi connectivity index (χ1) is 12.1. The van der Waals surface area contributed by atoms with Crippen molar-refractivity contribution in [2.75, 3.05) is 10.6 Å². The van der Waals surface area contributed by atoms with Gasteiger partial charge in [-0.25, -0.2) is 9.37 Å². The summed E-state index contributed by atoms with van der Waals surface area (Å²) in [5.41, 5.74) is 2.26. The normalized spacial score (nSPS) is 10.3. The van der Waals surface area contributed by atoms with Crippen LogP contribution in [-0.2, 0) is 11.2 Å². The molecule has 1 aromatic heterocycles. The molecular weight excluding hydrogens is 341 g/mol. The van der Waals surface area contributed by atoms with E-state index in [9.17, 15) is 9.18 Å². The molecule has 0 fully saturated rings. The third-order valence-corrected chi connectivity index (χ3v) is 3.79. The molecule has 1 amide bonds. The summed E-state index contributed by atoms with van der Waals surface area (Å²) in [6, 6.07) is 16.7. The summed E-state index contributed by atoms with van der Waals surface area (Å²) in [4.78, 5) is 16.2. The molecular formula is C19H15ClFN3O. The van der Waals surface area contributed by atoms with E-state index in [1.54, 1.807) is 36.5 Å². The van der Waals surface area contributed by atoms with Crippen molar-refractivity contribution in [2.24, 2.45) is 0 Å². The minimum atomic E-state index is -0.326. The molecule has 1 heterocycles. The zero-order chi connectivity index (χ0) is 17.6. The summed E-state index contributed by atoms with van der Waals surface area (Å²) >= 11 is 6.10. The van der Waals surface area contributed by atoms with E-state index >= 15 is 0 Å². The molecule has 0 saturated carbocycles. The van der Waals surface area contributed by atoms with Crippen LogP contribution in [0.2, 0.25) is 5.02 Å². The molecule has 0 saturated heterocycles. The topological polar surface area (TPSA) is 54.0 Å². The molecule has 3 aromatic rings. The number of halogens is 2. The number of carbonyl (C=O) groups excluding carboxylic acids is 1. The Hall–Kier alpha value is -2.92. The van der Waals surface area contributed by atoms with Gasteiger partial charge in [0.25, 0.3) is 0 Å². The van der Waals surface area contributed by atoms with Crippen LogP contribution in [0.4, 0.5) is 21.6 Å². The maximum atomic E-state index is 12.9. The summed E-state index contributed by atoms with van der Waals surface area (Å²) in [5.74, 6) is -0.102. The molecule has 25 heavy (non-hydrogen) atoms. The van der Waals surface area contributed by atoms with Gasteiger partial charge in [-0.05, 0) is 42.0 Å². The van der Waals surface area contributed by atoms with E-state index in [0.29, 0.717) is 10.8 Å². The second kappa shape index (κ2) is 7.77. The lowest BCUT2D eigenvalue weighted by atomic mass is 10.1. The van der Waals surface area contributed by atoms with Crippen molar-refractivity contribution in [3.05, 3.63) is 83.3 Å². The first-order valence-electron chi connectivity index (χ1n) is 7.62. The van der Waals surface area contributed by atoms with E-state index in [2.05, 4.69) is 15.6 Å². The molecule has 2 aromatic carbocycles. The molecule has 6 heteroatoms. The highest BCUT2D eigenvalue weighted by atomic mass is 35.5. The van der Waals surface area contributed by atoms with Crippen molar-refractivity contribution in [1.82, 2.24) is 4.98 Å². The number of rotatable bonds is 5. The van der Waals surface area contributed by atoms with E-state index in [4.69, 9.17) is 11.6 Å². The molecule has 0 aliphatic heterocycles. The van der Waals surface area contributed by atoms with E-state index in [0.717, 1.165) is 16.9 Å². The van der Waals surface area contributed by atoms with E-state index in [1.165, 1.54) is 12.1 Å². The number of hydrogen-bond acceptors (Lipinski definition) is 3. The van der Waals surface area contributed by atoms with Crippen molar-refractivity contribution >= 4 is 34.7 Å². The summed E-state index contributed by atoms with van der Waals surface area (Å²) < 4.78 is 12.9. The van der Waals surface area contributed by atoms with Crippen molar-refractivity contribution in [3.63, 3.8) is 0 Å². The summed E-state index contributed by atoms with van der Waals surface area (Å²) in [7, 11) is 0. The maximum Gasteiger partial charge on any atom is 0.229 e. The number of aromatic nitrogens is 1. The van der Waals surface area contributed by atoms with Gasteiger partial charge in [-0.1, -0.05) is 35.9 Å². The summed E-state index contributed by atoms with van der Waals surface area (Å²) in [5, 5.41) is 6.48. The third kappa shape index (κ3) is 4.78. The Morgan fingerprint density at radius 1 is 1.04 bits per heavy atom. The standard InChI is InChI=1S/C19H15ClFN3O/c20-16-3-1-2-4-17(16)23-15-9-10-18(22-12-15)24-19(25)11-13-5-7-14(21)8-6-13/h1-10,12,23H,11H2,(H,22,24,25). The van der Waals surface area contributed by atoms with Gasteiger partial charge in [0.05, 0.1) is 29.0 Å². The molecule has 0 spiro atoms. The lowest BCUT2D eigenvalue weighted by molar-refractivity contribution is -0.115. The highest BCUT2D eigenvalue weighted by Gasteiger charge is 2.06. The molecule has 2 N–H and O–H groups in total. The molecule has 0 unspecified atom stereocenters. The largest absolute Gasteiger partial charge is 0.353 e. The summed E-state index contributed by atoms with van der Waals surface area (Å²) in [6.45, 7) is 0. The highest BCUT2D eigenvalue weighted by molar-refractivity contribution is 6.33. The van der Waals surface area contributed by atoms with Crippen LogP contribution >= 0.6 is 11.6 Å². The fourth-order valence-corrected chi connectivity index (χ4v) is 2.42. The fraction of sp³-hybridized carbons (Fsp3) is 0.0526. The number of para-hydroxylation sites is 1. The number of anilines is 3. The quantitative estimate of drug-likeness (QED) is 0.691. The first kappa shape index (κ1) is 16.9. The van der Waals surface area contributed by atoms with E-state index in [-0.39, 0.29) is 18.1 Å². The Bertz CT molecular complexity index is 867. The predicted molar refractivity (Wildman–Crippen MR) is 97.7 cm³/mol. The van der Waals surface area contributed by atoms with Crippen LogP contribution in [0.25, 0.3) is 0 Å². The molecule has 4 nitrogen and oxygen atoms in total. The second-order valence-electron chi connectivity index (χ2n) is 5.39. The molecule has 0 radical (unpaired) electrons. The van der Waals surface area contributed by atoms with Crippen LogP contribution in [0.3, 0.4) is 0 Å². The van der Waals surface area contributed by atoms with Crippen LogP contribution in [0.15, 0.2) is 66.9 Å². The van der Waals surface area contributed by atoms with Gasteiger partial charge < -0.3 is 10.6 Å². The van der Waals surface area contributed by atoms with Crippen LogP contribution in [0.5, 0.6) is 0 Å². The lowest BCUT2D eigenvalue weighted by Crippen LogP contribution is -2.15. The Kier molecular flexibility index (Phi) is 5.26. The molecule has 0 aliphatic carbocycles. The van der Waals surface area contributed by atoms with Gasteiger partial charge in [-0.2, -0.15) is 0 Å². The summed E-state index contributed by atoms with van der Waals surface area (Å²) in [6.07, 6.45) is 1.76. The van der Waals surface area contributed by atoms with E-state index < -0.39 is 0 Å². The number of pyridine rings is 1.